The Morgan fingerprint density at radius 3 is 2.63 bits per heavy atom. The van der Waals surface area contributed by atoms with Crippen LogP contribution in [0.5, 0.6) is 0 Å². The van der Waals surface area contributed by atoms with E-state index in [0.29, 0.717) is 11.5 Å². The lowest BCUT2D eigenvalue weighted by atomic mass is 10.1. The minimum Gasteiger partial charge on any atom is -0.389 e. The van der Waals surface area contributed by atoms with E-state index in [-0.39, 0.29) is 0 Å². The zero-order valence-corrected chi connectivity index (χ0v) is 11.8. The molecule has 0 saturated carbocycles. The fourth-order valence-electron chi connectivity index (χ4n) is 1.75. The summed E-state index contributed by atoms with van der Waals surface area (Å²) >= 11 is 4.99. The maximum Gasteiger partial charge on any atom is 0.104 e. The number of nitrogens with zero attached hydrogens (tertiary/aromatic N) is 2. The van der Waals surface area contributed by atoms with Crippen molar-refractivity contribution in [2.75, 3.05) is 5.32 Å². The van der Waals surface area contributed by atoms with Crippen LogP contribution in [0.2, 0.25) is 0 Å². The second-order valence-electron chi connectivity index (χ2n) is 4.40. The molecule has 1 heterocycles. The molecule has 0 aliphatic rings. The average molecular weight is 272 g/mol. The van der Waals surface area contributed by atoms with Gasteiger partial charge in [0, 0.05) is 17.4 Å². The zero-order valence-electron chi connectivity index (χ0n) is 11.0. The minimum absolute atomic E-state index is 0.424. The topological polar surface area (TPSA) is 63.8 Å². The molecule has 1 aromatic carbocycles. The highest BCUT2D eigenvalue weighted by Gasteiger charge is 2.03. The number of anilines is 1. The summed E-state index contributed by atoms with van der Waals surface area (Å²) in [6.07, 6.45) is 3.54. The molecule has 0 saturated heterocycles. The van der Waals surface area contributed by atoms with Crippen LogP contribution in [0, 0.1) is 13.8 Å². The van der Waals surface area contributed by atoms with Gasteiger partial charge in [-0.2, -0.15) is 0 Å². The molecule has 0 fully saturated rings. The van der Waals surface area contributed by atoms with Gasteiger partial charge in [0.15, 0.2) is 0 Å². The van der Waals surface area contributed by atoms with E-state index in [9.17, 15) is 0 Å². The van der Waals surface area contributed by atoms with E-state index in [1.807, 2.05) is 32.0 Å². The van der Waals surface area contributed by atoms with Crippen LogP contribution < -0.4 is 11.1 Å². The van der Waals surface area contributed by atoms with Crippen molar-refractivity contribution in [3.8, 4) is 0 Å². The molecule has 5 heteroatoms. The van der Waals surface area contributed by atoms with Crippen LogP contribution in [-0.2, 0) is 6.54 Å². The van der Waals surface area contributed by atoms with E-state index in [4.69, 9.17) is 18.0 Å². The minimum atomic E-state index is 0.424. The fraction of sp³-hybridized carbons (Fsp3) is 0.214. The van der Waals surface area contributed by atoms with Gasteiger partial charge in [-0.25, -0.2) is 0 Å². The summed E-state index contributed by atoms with van der Waals surface area (Å²) in [4.78, 5) is 8.93. The molecule has 0 atom stereocenters. The Hall–Kier alpha value is -2.01. The van der Waals surface area contributed by atoms with E-state index in [2.05, 4.69) is 15.3 Å². The van der Waals surface area contributed by atoms with Gasteiger partial charge >= 0.3 is 0 Å². The molecular weight excluding hydrogens is 256 g/mol. The summed E-state index contributed by atoms with van der Waals surface area (Å²) in [6.45, 7) is 4.55. The van der Waals surface area contributed by atoms with E-state index in [1.165, 1.54) is 0 Å². The molecule has 0 radical (unpaired) electrons. The third-order valence-electron chi connectivity index (χ3n) is 2.80. The van der Waals surface area contributed by atoms with Gasteiger partial charge in [0.25, 0.3) is 0 Å². The lowest BCUT2D eigenvalue weighted by molar-refractivity contribution is 0.984. The van der Waals surface area contributed by atoms with Crippen LogP contribution in [0.1, 0.15) is 22.5 Å². The first kappa shape index (κ1) is 13.4. The molecule has 0 unspecified atom stereocenters. The molecule has 1 aromatic heterocycles. The van der Waals surface area contributed by atoms with E-state index in [0.717, 1.165) is 28.2 Å². The Bertz CT molecular complexity index is 593. The number of aryl methyl sites for hydroxylation is 2. The Morgan fingerprint density at radius 1 is 1.26 bits per heavy atom. The summed E-state index contributed by atoms with van der Waals surface area (Å²) in [5.74, 6) is 0. The van der Waals surface area contributed by atoms with Crippen molar-refractivity contribution in [1.82, 2.24) is 9.97 Å². The average Bonchev–Trinajstić information content (AvgIpc) is 2.37. The highest BCUT2D eigenvalue weighted by Crippen LogP contribution is 2.15. The Morgan fingerprint density at radius 2 is 2.05 bits per heavy atom. The maximum absolute atomic E-state index is 5.64. The summed E-state index contributed by atoms with van der Waals surface area (Å²) in [5, 5.41) is 3.30. The molecule has 0 spiro atoms. The van der Waals surface area contributed by atoms with E-state index in [1.54, 1.807) is 12.4 Å². The van der Waals surface area contributed by atoms with Crippen molar-refractivity contribution in [2.45, 2.75) is 20.4 Å². The number of hydrogen-bond acceptors (Lipinski definition) is 4. The van der Waals surface area contributed by atoms with Gasteiger partial charge in [-0.1, -0.05) is 12.2 Å². The molecule has 2 aromatic rings. The van der Waals surface area contributed by atoms with E-state index >= 15 is 0 Å². The smallest absolute Gasteiger partial charge is 0.104 e. The van der Waals surface area contributed by atoms with Crippen LogP contribution in [0.3, 0.4) is 0 Å². The molecule has 2 rings (SSSR count). The number of hydrogen-bond donors (Lipinski definition) is 2. The van der Waals surface area contributed by atoms with Crippen molar-refractivity contribution in [3.63, 3.8) is 0 Å². The van der Waals surface area contributed by atoms with Gasteiger partial charge in [0.1, 0.15) is 4.99 Å². The van der Waals surface area contributed by atoms with Crippen LogP contribution in [0.4, 0.5) is 5.69 Å². The number of nitrogens with two attached hydrogens (primary N) is 1. The highest BCUT2D eigenvalue weighted by molar-refractivity contribution is 7.80. The van der Waals surface area contributed by atoms with Crippen LogP contribution >= 0.6 is 12.2 Å². The zero-order chi connectivity index (χ0) is 13.8. The first-order valence-electron chi connectivity index (χ1n) is 5.98. The molecule has 0 bridgehead atoms. The van der Waals surface area contributed by atoms with Crippen molar-refractivity contribution in [1.29, 1.82) is 0 Å². The van der Waals surface area contributed by atoms with E-state index < -0.39 is 0 Å². The van der Waals surface area contributed by atoms with Gasteiger partial charge in [0.05, 0.1) is 24.1 Å². The Kier molecular flexibility index (Phi) is 4.06. The maximum atomic E-state index is 5.64. The third kappa shape index (κ3) is 3.48. The predicted octanol–water partition coefficient (Wildman–Crippen LogP) is 2.34. The molecule has 0 aliphatic heterocycles. The first-order valence-corrected chi connectivity index (χ1v) is 6.39. The molecular formula is C14H16N4S. The second-order valence-corrected chi connectivity index (χ2v) is 4.84. The Labute approximate surface area is 118 Å². The third-order valence-corrected chi connectivity index (χ3v) is 3.02. The highest BCUT2D eigenvalue weighted by atomic mass is 32.1. The number of benzene rings is 1. The van der Waals surface area contributed by atoms with Gasteiger partial charge in [0.2, 0.25) is 0 Å². The van der Waals surface area contributed by atoms with Gasteiger partial charge < -0.3 is 11.1 Å². The largest absolute Gasteiger partial charge is 0.389 e. The summed E-state index contributed by atoms with van der Waals surface area (Å²) < 4.78 is 0. The summed E-state index contributed by atoms with van der Waals surface area (Å²) in [6, 6.07) is 5.92. The molecule has 0 amide bonds. The SMILES string of the molecule is Cc1cnc(CNc2ccc(C(N)=S)c(C)c2)cn1. The molecule has 19 heavy (non-hydrogen) atoms. The predicted molar refractivity (Wildman–Crippen MR) is 81.2 cm³/mol. The van der Waals surface area contributed by atoms with Crippen molar-refractivity contribution in [3.05, 3.63) is 53.1 Å². The van der Waals surface area contributed by atoms with Crippen molar-refractivity contribution < 1.29 is 0 Å². The van der Waals surface area contributed by atoms with Crippen molar-refractivity contribution >= 4 is 22.9 Å². The summed E-state index contributed by atoms with van der Waals surface area (Å²) in [7, 11) is 0. The second kappa shape index (κ2) is 5.75. The molecule has 0 aliphatic carbocycles. The lowest BCUT2D eigenvalue weighted by Crippen LogP contribution is -2.11. The molecule has 98 valence electrons. The number of rotatable bonds is 4. The normalized spacial score (nSPS) is 10.2. The van der Waals surface area contributed by atoms with Gasteiger partial charge in [-0.15, -0.1) is 0 Å². The number of aromatic nitrogens is 2. The van der Waals surface area contributed by atoms with Crippen LogP contribution in [0.15, 0.2) is 30.6 Å². The summed E-state index contributed by atoms with van der Waals surface area (Å²) in [5.41, 5.74) is 10.4. The number of nitrogens with one attached hydrogen (secondary N) is 1. The van der Waals surface area contributed by atoms with Gasteiger partial charge in [-0.3, -0.25) is 9.97 Å². The Balaban J connectivity index is 2.06. The van der Waals surface area contributed by atoms with Crippen LogP contribution in [0.25, 0.3) is 0 Å². The standard InChI is InChI=1S/C14H16N4S/c1-9-5-11(3-4-13(9)14(15)19)18-8-12-7-16-10(2)6-17-12/h3-7,18H,8H2,1-2H3,(H2,15,19). The quantitative estimate of drug-likeness (QED) is 0.836. The molecule has 4 nitrogen and oxygen atoms in total. The fourth-order valence-corrected chi connectivity index (χ4v) is 1.98. The molecule has 3 N–H and O–H groups in total. The number of thiocarbonyl (C=S) groups is 1. The van der Waals surface area contributed by atoms with Crippen LogP contribution in [-0.4, -0.2) is 15.0 Å². The van der Waals surface area contributed by atoms with Gasteiger partial charge in [-0.05, 0) is 37.6 Å². The monoisotopic (exact) mass is 272 g/mol. The van der Waals surface area contributed by atoms with Crippen molar-refractivity contribution in [2.24, 2.45) is 5.73 Å². The lowest BCUT2D eigenvalue weighted by Gasteiger charge is -2.09. The first-order chi connectivity index (χ1) is 9.06.